The zero-order valence-corrected chi connectivity index (χ0v) is 18.4. The molecule has 166 valence electrons. The summed E-state index contributed by atoms with van der Waals surface area (Å²) in [6, 6.07) is 16.0. The lowest BCUT2D eigenvalue weighted by atomic mass is 9.81. The number of carbonyl (C=O) groups excluding carboxylic acids is 1. The smallest absolute Gasteiger partial charge is 0.274 e. The van der Waals surface area contributed by atoms with Crippen LogP contribution in [0.3, 0.4) is 0 Å². The van der Waals surface area contributed by atoms with E-state index in [1.54, 1.807) is 6.07 Å². The van der Waals surface area contributed by atoms with Crippen molar-refractivity contribution in [3.05, 3.63) is 65.6 Å². The Morgan fingerprint density at radius 2 is 2.00 bits per heavy atom. The van der Waals surface area contributed by atoms with E-state index in [-0.39, 0.29) is 17.1 Å². The number of para-hydroxylation sites is 1. The van der Waals surface area contributed by atoms with Crippen LogP contribution >= 0.6 is 0 Å². The van der Waals surface area contributed by atoms with Gasteiger partial charge in [0.05, 0.1) is 0 Å². The number of nitrogens with zero attached hydrogens (tertiary/aromatic N) is 2. The Bertz CT molecular complexity index is 1180. The Morgan fingerprint density at radius 3 is 2.84 bits per heavy atom. The molecule has 3 aliphatic rings. The molecule has 32 heavy (non-hydrogen) atoms. The van der Waals surface area contributed by atoms with Crippen LogP contribution in [-0.2, 0) is 5.41 Å². The number of carbonyl (C=O) groups is 1. The minimum absolute atomic E-state index is 0.0204. The molecule has 2 saturated heterocycles. The summed E-state index contributed by atoms with van der Waals surface area (Å²) in [7, 11) is 0. The van der Waals surface area contributed by atoms with Crippen LogP contribution in [0.1, 0.15) is 42.2 Å². The maximum absolute atomic E-state index is 13.6. The Labute approximate surface area is 187 Å². The van der Waals surface area contributed by atoms with Crippen molar-refractivity contribution < 1.29 is 9.18 Å². The van der Waals surface area contributed by atoms with E-state index < -0.39 is 0 Å². The van der Waals surface area contributed by atoms with Gasteiger partial charge in [-0.15, -0.1) is 0 Å². The fourth-order valence-electron chi connectivity index (χ4n) is 6.03. The van der Waals surface area contributed by atoms with E-state index >= 15 is 0 Å². The van der Waals surface area contributed by atoms with E-state index in [1.165, 1.54) is 30.5 Å². The molecular weight excluding hydrogens is 403 g/mol. The molecule has 3 aliphatic heterocycles. The third-order valence-electron chi connectivity index (χ3n) is 7.82. The molecule has 2 fully saturated rings. The van der Waals surface area contributed by atoms with Gasteiger partial charge in [0.2, 0.25) is 0 Å². The van der Waals surface area contributed by atoms with Crippen LogP contribution < -0.4 is 10.2 Å². The molecule has 3 atom stereocenters. The van der Waals surface area contributed by atoms with Crippen molar-refractivity contribution in [3.63, 3.8) is 0 Å². The average molecular weight is 433 g/mol. The number of aromatic amines is 1. The molecule has 0 bridgehead atoms. The second-order valence-electron chi connectivity index (χ2n) is 9.86. The Balaban J connectivity index is 1.29. The summed E-state index contributed by atoms with van der Waals surface area (Å²) in [5.74, 6) is -0.348. The lowest BCUT2D eigenvalue weighted by Gasteiger charge is -2.35. The molecule has 1 amide bonds. The van der Waals surface area contributed by atoms with E-state index in [0.29, 0.717) is 29.8 Å². The van der Waals surface area contributed by atoms with Crippen molar-refractivity contribution >= 4 is 22.5 Å². The van der Waals surface area contributed by atoms with Crippen LogP contribution in [0, 0.1) is 5.82 Å². The predicted molar refractivity (Wildman–Crippen MR) is 125 cm³/mol. The molecule has 6 heteroatoms. The van der Waals surface area contributed by atoms with Gasteiger partial charge in [0.15, 0.2) is 0 Å². The molecule has 1 aromatic heterocycles. The molecule has 1 unspecified atom stereocenters. The van der Waals surface area contributed by atoms with E-state index in [2.05, 4.69) is 40.3 Å². The molecule has 0 radical (unpaired) electrons. The average Bonchev–Trinajstić information content (AvgIpc) is 3.50. The minimum atomic E-state index is -0.304. The maximum Gasteiger partial charge on any atom is 0.274 e. The highest BCUT2D eigenvalue weighted by Crippen LogP contribution is 2.47. The molecule has 5 nitrogen and oxygen atoms in total. The van der Waals surface area contributed by atoms with Gasteiger partial charge in [-0.05, 0) is 68.6 Å². The number of amides is 1. The fraction of sp³-hybridized carbons (Fsp3) is 0.423. The number of halogens is 1. The fourth-order valence-corrected chi connectivity index (χ4v) is 6.03. The van der Waals surface area contributed by atoms with Gasteiger partial charge in [-0.3, -0.25) is 9.69 Å². The molecule has 2 N–H and O–H groups in total. The first-order valence-corrected chi connectivity index (χ1v) is 11.7. The van der Waals surface area contributed by atoms with E-state index in [4.69, 9.17) is 0 Å². The van der Waals surface area contributed by atoms with Gasteiger partial charge in [0.1, 0.15) is 11.5 Å². The first-order valence-electron chi connectivity index (χ1n) is 11.7. The number of likely N-dealkylation sites (tertiary alicyclic amines) is 1. The van der Waals surface area contributed by atoms with Crippen molar-refractivity contribution in [3.8, 4) is 0 Å². The normalized spacial score (nSPS) is 28.0. The van der Waals surface area contributed by atoms with Crippen molar-refractivity contribution in [2.75, 3.05) is 31.1 Å². The number of anilines is 1. The van der Waals surface area contributed by atoms with Gasteiger partial charge in [0.25, 0.3) is 5.91 Å². The van der Waals surface area contributed by atoms with Crippen molar-refractivity contribution in [2.24, 2.45) is 0 Å². The van der Waals surface area contributed by atoms with Crippen LogP contribution in [0.5, 0.6) is 0 Å². The first-order chi connectivity index (χ1) is 15.5. The van der Waals surface area contributed by atoms with E-state index in [0.717, 1.165) is 37.1 Å². The first kappa shape index (κ1) is 19.9. The highest BCUT2D eigenvalue weighted by atomic mass is 19.1. The molecule has 0 saturated carbocycles. The second-order valence-corrected chi connectivity index (χ2v) is 9.86. The zero-order valence-electron chi connectivity index (χ0n) is 18.4. The molecule has 0 aliphatic carbocycles. The largest absolute Gasteiger partial charge is 0.350 e. The maximum atomic E-state index is 13.6. The number of benzene rings is 2. The molecule has 6 rings (SSSR count). The number of aromatic nitrogens is 1. The standard InChI is InChI=1S/C26H29FN4O/c1-17-6-9-20(14-28-17)30-11-10-26(15-30)16-31(24-5-3-2-4-21(24)26)25(32)23-12-18-7-8-19(27)13-22(18)29-23/h2-5,7-8,12-13,17,20,28-29H,6,9-11,14-16H2,1H3/t17-,20?,26+/m1/s1. The van der Waals surface area contributed by atoms with Crippen LogP contribution in [-0.4, -0.2) is 54.1 Å². The van der Waals surface area contributed by atoms with Gasteiger partial charge in [-0.1, -0.05) is 18.2 Å². The van der Waals surface area contributed by atoms with Crippen molar-refractivity contribution in [1.29, 1.82) is 0 Å². The van der Waals surface area contributed by atoms with E-state index in [1.807, 2.05) is 17.0 Å². The van der Waals surface area contributed by atoms with Crippen LogP contribution in [0.25, 0.3) is 10.9 Å². The summed E-state index contributed by atoms with van der Waals surface area (Å²) in [5.41, 5.74) is 3.45. The number of H-pyrrole nitrogens is 1. The number of fused-ring (bicyclic) bond motifs is 3. The lowest BCUT2D eigenvalue weighted by molar-refractivity contribution is 0.0980. The van der Waals surface area contributed by atoms with Gasteiger partial charge in [-0.2, -0.15) is 0 Å². The topological polar surface area (TPSA) is 51.4 Å². The highest BCUT2D eigenvalue weighted by molar-refractivity contribution is 6.09. The van der Waals surface area contributed by atoms with Gasteiger partial charge in [0, 0.05) is 53.7 Å². The molecule has 1 spiro atoms. The summed E-state index contributed by atoms with van der Waals surface area (Å²) < 4.78 is 13.6. The summed E-state index contributed by atoms with van der Waals surface area (Å²) >= 11 is 0. The summed E-state index contributed by atoms with van der Waals surface area (Å²) in [6.45, 7) is 6.07. The third kappa shape index (κ3) is 3.16. The lowest BCUT2D eigenvalue weighted by Crippen LogP contribution is -2.49. The van der Waals surface area contributed by atoms with Crippen LogP contribution in [0.2, 0.25) is 0 Å². The Kier molecular flexibility index (Phi) is 4.63. The number of hydrogen-bond donors (Lipinski definition) is 2. The highest BCUT2D eigenvalue weighted by Gasteiger charge is 2.50. The van der Waals surface area contributed by atoms with Gasteiger partial charge in [-0.25, -0.2) is 4.39 Å². The minimum Gasteiger partial charge on any atom is -0.350 e. The van der Waals surface area contributed by atoms with Gasteiger partial charge < -0.3 is 15.2 Å². The summed E-state index contributed by atoms with van der Waals surface area (Å²) in [5, 5.41) is 4.49. The third-order valence-corrected chi connectivity index (χ3v) is 7.82. The van der Waals surface area contributed by atoms with Crippen molar-refractivity contribution in [1.82, 2.24) is 15.2 Å². The van der Waals surface area contributed by atoms with Gasteiger partial charge >= 0.3 is 0 Å². The molecular formula is C26H29FN4O. The van der Waals surface area contributed by atoms with Crippen LogP contribution in [0.15, 0.2) is 48.5 Å². The monoisotopic (exact) mass is 432 g/mol. The molecule has 2 aromatic carbocycles. The van der Waals surface area contributed by atoms with E-state index in [9.17, 15) is 9.18 Å². The number of piperidine rings is 1. The predicted octanol–water partition coefficient (Wildman–Crippen LogP) is 4.05. The quantitative estimate of drug-likeness (QED) is 0.642. The Morgan fingerprint density at radius 1 is 1.12 bits per heavy atom. The van der Waals surface area contributed by atoms with Crippen LogP contribution in [0.4, 0.5) is 10.1 Å². The second kappa shape index (κ2) is 7.42. The Hall–Kier alpha value is -2.70. The molecule has 4 heterocycles. The summed E-state index contributed by atoms with van der Waals surface area (Å²) in [4.78, 5) is 21.3. The number of rotatable bonds is 2. The van der Waals surface area contributed by atoms with Crippen molar-refractivity contribution in [2.45, 2.75) is 43.7 Å². The number of nitrogens with one attached hydrogen (secondary N) is 2. The molecule has 3 aromatic rings. The number of hydrogen-bond acceptors (Lipinski definition) is 3. The zero-order chi connectivity index (χ0) is 21.9. The SMILES string of the molecule is C[C@@H]1CCC(N2CC[C@@]3(CN(C(=O)c4cc5ccc(F)cc5[nH]4)c4ccccc43)C2)CN1. The summed E-state index contributed by atoms with van der Waals surface area (Å²) in [6.07, 6.45) is 3.52.